The molecule has 0 aliphatic rings. The lowest BCUT2D eigenvalue weighted by Crippen LogP contribution is -2.30. The summed E-state index contributed by atoms with van der Waals surface area (Å²) in [7, 11) is 1.61. The summed E-state index contributed by atoms with van der Waals surface area (Å²) in [6, 6.07) is 5.46. The Morgan fingerprint density at radius 3 is 2.67 bits per heavy atom. The molecule has 4 heteroatoms. The van der Waals surface area contributed by atoms with E-state index in [4.69, 9.17) is 9.47 Å². The Kier molecular flexibility index (Phi) is 5.49. The monoisotopic (exact) mass is 251 g/mol. The topological polar surface area (TPSA) is 47.6 Å². The van der Waals surface area contributed by atoms with Crippen molar-refractivity contribution in [2.45, 2.75) is 33.2 Å². The van der Waals surface area contributed by atoms with Crippen LogP contribution in [0.1, 0.15) is 25.8 Å². The van der Waals surface area contributed by atoms with E-state index in [0.29, 0.717) is 13.0 Å². The molecule has 0 radical (unpaired) electrons. The third-order valence-electron chi connectivity index (χ3n) is 2.66. The van der Waals surface area contributed by atoms with Crippen molar-refractivity contribution in [3.05, 3.63) is 23.8 Å². The van der Waals surface area contributed by atoms with Crippen LogP contribution in [0, 0.1) is 6.92 Å². The maximum Gasteiger partial charge on any atom is 0.328 e. The summed E-state index contributed by atoms with van der Waals surface area (Å²) in [5, 5.41) is 3.17. The molecule has 0 aliphatic heterocycles. The van der Waals surface area contributed by atoms with E-state index in [1.165, 1.54) is 0 Å². The molecule has 100 valence electrons. The van der Waals surface area contributed by atoms with Gasteiger partial charge in [0.05, 0.1) is 19.4 Å². The zero-order valence-corrected chi connectivity index (χ0v) is 11.4. The smallest absolute Gasteiger partial charge is 0.328 e. The normalized spacial score (nSPS) is 11.8. The third kappa shape index (κ3) is 3.65. The van der Waals surface area contributed by atoms with Crippen LogP contribution in [-0.2, 0) is 9.53 Å². The van der Waals surface area contributed by atoms with Crippen molar-refractivity contribution >= 4 is 11.7 Å². The van der Waals surface area contributed by atoms with Crippen molar-refractivity contribution in [3.63, 3.8) is 0 Å². The maximum absolute atomic E-state index is 11.7. The van der Waals surface area contributed by atoms with Crippen molar-refractivity contribution in [1.82, 2.24) is 0 Å². The minimum atomic E-state index is -0.347. The molecule has 1 aromatic carbocycles. The second-order valence-electron chi connectivity index (χ2n) is 4.06. The Hall–Kier alpha value is -1.71. The molecule has 0 spiro atoms. The number of carbonyl (C=O) groups excluding carboxylic acids is 1. The van der Waals surface area contributed by atoms with Gasteiger partial charge in [0.2, 0.25) is 0 Å². The molecular formula is C14H21NO3. The number of benzene rings is 1. The number of rotatable bonds is 6. The standard InChI is InChI=1S/C14H21NO3/c1-5-11(14(16)18-6-2)15-12-9-10(3)7-8-13(12)17-4/h7-9,11,15H,5-6H2,1-4H3. The predicted molar refractivity (Wildman–Crippen MR) is 72.1 cm³/mol. The van der Waals surface area contributed by atoms with Crippen LogP contribution in [0.25, 0.3) is 0 Å². The Morgan fingerprint density at radius 1 is 1.39 bits per heavy atom. The molecule has 4 nitrogen and oxygen atoms in total. The van der Waals surface area contributed by atoms with Crippen LogP contribution in [-0.4, -0.2) is 25.7 Å². The highest BCUT2D eigenvalue weighted by Crippen LogP contribution is 2.26. The van der Waals surface area contributed by atoms with Gasteiger partial charge >= 0.3 is 5.97 Å². The fourth-order valence-electron chi connectivity index (χ4n) is 1.69. The molecule has 0 saturated carbocycles. The van der Waals surface area contributed by atoms with E-state index in [-0.39, 0.29) is 12.0 Å². The second kappa shape index (κ2) is 6.89. The number of hydrogen-bond donors (Lipinski definition) is 1. The van der Waals surface area contributed by atoms with Gasteiger partial charge < -0.3 is 14.8 Å². The van der Waals surface area contributed by atoms with E-state index in [0.717, 1.165) is 17.0 Å². The molecule has 1 aromatic rings. The number of hydrogen-bond acceptors (Lipinski definition) is 4. The molecule has 0 fully saturated rings. The molecule has 18 heavy (non-hydrogen) atoms. The molecule has 0 aromatic heterocycles. The summed E-state index contributed by atoms with van der Waals surface area (Å²) >= 11 is 0. The van der Waals surface area contributed by atoms with Gasteiger partial charge in [0.1, 0.15) is 11.8 Å². The number of anilines is 1. The molecule has 1 unspecified atom stereocenters. The molecule has 0 heterocycles. The summed E-state index contributed by atoms with van der Waals surface area (Å²) in [5.41, 5.74) is 1.93. The van der Waals surface area contributed by atoms with Gasteiger partial charge in [-0.3, -0.25) is 0 Å². The quantitative estimate of drug-likeness (QED) is 0.790. The van der Waals surface area contributed by atoms with Crippen LogP contribution in [0.3, 0.4) is 0 Å². The second-order valence-corrected chi connectivity index (χ2v) is 4.06. The van der Waals surface area contributed by atoms with E-state index in [9.17, 15) is 4.79 Å². The van der Waals surface area contributed by atoms with Gasteiger partial charge in [-0.2, -0.15) is 0 Å². The predicted octanol–water partition coefficient (Wildman–Crippen LogP) is 2.76. The first kappa shape index (κ1) is 14.4. The van der Waals surface area contributed by atoms with Crippen LogP contribution < -0.4 is 10.1 Å². The first-order chi connectivity index (χ1) is 8.62. The number of esters is 1. The number of aryl methyl sites for hydroxylation is 1. The highest BCUT2D eigenvalue weighted by Gasteiger charge is 2.18. The number of nitrogens with one attached hydrogen (secondary N) is 1. The Bertz CT molecular complexity index is 404. The minimum Gasteiger partial charge on any atom is -0.495 e. The van der Waals surface area contributed by atoms with Gasteiger partial charge in [-0.1, -0.05) is 13.0 Å². The summed E-state index contributed by atoms with van der Waals surface area (Å²) in [4.78, 5) is 11.7. The summed E-state index contributed by atoms with van der Waals surface area (Å²) < 4.78 is 10.3. The summed E-state index contributed by atoms with van der Waals surface area (Å²) in [6.07, 6.45) is 0.663. The van der Waals surface area contributed by atoms with Crippen LogP contribution in [0.5, 0.6) is 5.75 Å². The van der Waals surface area contributed by atoms with Gasteiger partial charge in [-0.25, -0.2) is 4.79 Å². The zero-order valence-electron chi connectivity index (χ0n) is 11.4. The number of methoxy groups -OCH3 is 1. The lowest BCUT2D eigenvalue weighted by molar-refractivity contribution is -0.144. The van der Waals surface area contributed by atoms with E-state index in [1.807, 2.05) is 32.0 Å². The minimum absolute atomic E-state index is 0.233. The molecule has 0 amide bonds. The van der Waals surface area contributed by atoms with Gasteiger partial charge in [0.25, 0.3) is 0 Å². The van der Waals surface area contributed by atoms with Crippen molar-refractivity contribution in [3.8, 4) is 5.75 Å². The number of ether oxygens (including phenoxy) is 2. The van der Waals surface area contributed by atoms with E-state index < -0.39 is 0 Å². The van der Waals surface area contributed by atoms with Crippen molar-refractivity contribution < 1.29 is 14.3 Å². The van der Waals surface area contributed by atoms with Crippen LogP contribution in [0.4, 0.5) is 5.69 Å². The Labute approximate surface area is 108 Å². The summed E-state index contributed by atoms with van der Waals surface area (Å²) in [6.45, 7) is 6.13. The Balaban J connectivity index is 2.86. The first-order valence-corrected chi connectivity index (χ1v) is 6.20. The maximum atomic E-state index is 11.7. The van der Waals surface area contributed by atoms with Gasteiger partial charge in [-0.05, 0) is 38.0 Å². The Morgan fingerprint density at radius 2 is 2.11 bits per heavy atom. The average molecular weight is 251 g/mol. The van der Waals surface area contributed by atoms with Gasteiger partial charge in [-0.15, -0.1) is 0 Å². The van der Waals surface area contributed by atoms with Crippen molar-refractivity contribution in [2.24, 2.45) is 0 Å². The molecule has 0 aliphatic carbocycles. The van der Waals surface area contributed by atoms with Crippen molar-refractivity contribution in [1.29, 1.82) is 0 Å². The van der Waals surface area contributed by atoms with E-state index in [2.05, 4.69) is 5.32 Å². The largest absolute Gasteiger partial charge is 0.495 e. The van der Waals surface area contributed by atoms with E-state index >= 15 is 0 Å². The fourth-order valence-corrected chi connectivity index (χ4v) is 1.69. The highest BCUT2D eigenvalue weighted by atomic mass is 16.5. The van der Waals surface area contributed by atoms with E-state index in [1.54, 1.807) is 14.0 Å². The highest BCUT2D eigenvalue weighted by molar-refractivity contribution is 5.80. The molecule has 1 rings (SSSR count). The molecular weight excluding hydrogens is 230 g/mol. The fraction of sp³-hybridized carbons (Fsp3) is 0.500. The lowest BCUT2D eigenvalue weighted by atomic mass is 10.1. The zero-order chi connectivity index (χ0) is 13.5. The van der Waals surface area contributed by atoms with Crippen LogP contribution >= 0.6 is 0 Å². The molecule has 0 bridgehead atoms. The SMILES string of the molecule is CCOC(=O)C(CC)Nc1cc(C)ccc1OC. The van der Waals surface area contributed by atoms with Gasteiger partial charge in [0.15, 0.2) is 0 Å². The number of carbonyl (C=O) groups is 1. The molecule has 0 saturated heterocycles. The first-order valence-electron chi connectivity index (χ1n) is 6.20. The van der Waals surface area contributed by atoms with Crippen molar-refractivity contribution in [2.75, 3.05) is 19.0 Å². The van der Waals surface area contributed by atoms with Crippen LogP contribution in [0.15, 0.2) is 18.2 Å². The van der Waals surface area contributed by atoms with Gasteiger partial charge in [0, 0.05) is 0 Å². The molecule has 1 N–H and O–H groups in total. The molecule has 1 atom stereocenters. The van der Waals surface area contributed by atoms with Crippen LogP contribution in [0.2, 0.25) is 0 Å². The average Bonchev–Trinajstić information content (AvgIpc) is 2.36. The third-order valence-corrected chi connectivity index (χ3v) is 2.66. The summed E-state index contributed by atoms with van der Waals surface area (Å²) in [5.74, 6) is 0.493. The lowest BCUT2D eigenvalue weighted by Gasteiger charge is -2.19.